The smallest absolute Gasteiger partial charge is 0.317 e. The molecule has 2 rings (SSSR count). The number of carbonyl (C=O) groups is 1. The molecule has 2 aromatic heterocycles. The molecule has 21 heavy (non-hydrogen) atoms. The molecule has 0 aliphatic carbocycles. The van der Waals surface area contributed by atoms with Gasteiger partial charge in [-0.25, -0.2) is 14.5 Å². The number of hydrogen-bond acceptors (Lipinski definition) is 4. The number of aliphatic hydroxyl groups excluding tert-OH is 1. The van der Waals surface area contributed by atoms with Crippen LogP contribution in [0, 0.1) is 0 Å². The summed E-state index contributed by atoms with van der Waals surface area (Å²) in [5.74, 6) is 0.698. The molecule has 0 saturated heterocycles. The maximum Gasteiger partial charge on any atom is 0.317 e. The third kappa shape index (κ3) is 4.28. The Morgan fingerprint density at radius 1 is 1.52 bits per heavy atom. The number of amides is 2. The minimum Gasteiger partial charge on any atom is -0.392 e. The number of aromatic nitrogens is 3. The highest BCUT2D eigenvalue weighted by Gasteiger charge is 2.10. The number of hydrogen-bond donors (Lipinski definition) is 2. The Kier molecular flexibility index (Phi) is 4.89. The van der Waals surface area contributed by atoms with Gasteiger partial charge in [0.15, 0.2) is 5.82 Å². The van der Waals surface area contributed by atoms with Crippen LogP contribution in [-0.2, 0) is 6.54 Å². The summed E-state index contributed by atoms with van der Waals surface area (Å²) < 4.78 is 1.66. The van der Waals surface area contributed by atoms with Crippen LogP contribution in [0.1, 0.15) is 12.5 Å². The maximum atomic E-state index is 11.8. The first-order chi connectivity index (χ1) is 10.1. The highest BCUT2D eigenvalue weighted by molar-refractivity contribution is 5.73. The molecule has 112 valence electrons. The van der Waals surface area contributed by atoms with Gasteiger partial charge in [0, 0.05) is 38.7 Å². The minimum atomic E-state index is -0.548. The van der Waals surface area contributed by atoms with Crippen molar-refractivity contribution in [1.82, 2.24) is 25.0 Å². The molecule has 2 heterocycles. The van der Waals surface area contributed by atoms with Crippen molar-refractivity contribution < 1.29 is 9.90 Å². The molecular formula is C14H19N5O2. The van der Waals surface area contributed by atoms with E-state index in [0.717, 1.165) is 5.56 Å². The van der Waals surface area contributed by atoms with E-state index in [2.05, 4.69) is 15.4 Å². The molecule has 2 aromatic rings. The summed E-state index contributed by atoms with van der Waals surface area (Å²) in [5.41, 5.74) is 0.925. The number of nitrogens with zero attached hydrogens (tertiary/aromatic N) is 4. The van der Waals surface area contributed by atoms with Crippen molar-refractivity contribution in [2.45, 2.75) is 19.6 Å². The Balaban J connectivity index is 1.95. The molecular weight excluding hydrogens is 270 g/mol. The van der Waals surface area contributed by atoms with E-state index in [1.54, 1.807) is 37.2 Å². The van der Waals surface area contributed by atoms with Crippen LogP contribution in [0.15, 0.2) is 36.8 Å². The molecule has 0 spiro atoms. The summed E-state index contributed by atoms with van der Waals surface area (Å²) >= 11 is 0. The van der Waals surface area contributed by atoms with Gasteiger partial charge in [-0.15, -0.1) is 0 Å². The van der Waals surface area contributed by atoms with E-state index in [-0.39, 0.29) is 6.03 Å². The van der Waals surface area contributed by atoms with Crippen LogP contribution >= 0.6 is 0 Å². The average molecular weight is 289 g/mol. The number of urea groups is 1. The van der Waals surface area contributed by atoms with Gasteiger partial charge in [0.1, 0.15) is 0 Å². The number of likely N-dealkylation sites (N-methyl/N-ethyl adjacent to an activating group) is 1. The van der Waals surface area contributed by atoms with E-state index in [0.29, 0.717) is 18.9 Å². The summed E-state index contributed by atoms with van der Waals surface area (Å²) in [6.45, 7) is 2.32. The van der Waals surface area contributed by atoms with E-state index in [1.807, 2.05) is 18.2 Å². The Morgan fingerprint density at radius 3 is 3.00 bits per heavy atom. The standard InChI is InChI=1S/C14H19N5O2/c1-11(20)10-18(2)14(21)16-9-12-4-6-15-13(8-12)19-7-3-5-17-19/h3-8,11,20H,9-10H2,1-2H3,(H,16,21). The van der Waals surface area contributed by atoms with Crippen molar-refractivity contribution in [3.05, 3.63) is 42.4 Å². The van der Waals surface area contributed by atoms with Crippen LogP contribution < -0.4 is 5.32 Å². The van der Waals surface area contributed by atoms with Crippen LogP contribution in [0.3, 0.4) is 0 Å². The third-order valence-electron chi connectivity index (χ3n) is 2.88. The van der Waals surface area contributed by atoms with Crippen LogP contribution in [-0.4, -0.2) is 50.5 Å². The Labute approximate surface area is 123 Å². The van der Waals surface area contributed by atoms with Gasteiger partial charge in [0.2, 0.25) is 0 Å². The fourth-order valence-corrected chi connectivity index (χ4v) is 1.89. The van der Waals surface area contributed by atoms with Crippen molar-refractivity contribution in [2.75, 3.05) is 13.6 Å². The van der Waals surface area contributed by atoms with Crippen molar-refractivity contribution in [3.63, 3.8) is 0 Å². The molecule has 2 amide bonds. The Morgan fingerprint density at radius 2 is 2.33 bits per heavy atom. The van der Waals surface area contributed by atoms with Gasteiger partial charge in [-0.1, -0.05) is 0 Å². The van der Waals surface area contributed by atoms with Gasteiger partial charge in [0.05, 0.1) is 6.10 Å². The summed E-state index contributed by atoms with van der Waals surface area (Å²) in [7, 11) is 1.64. The highest BCUT2D eigenvalue weighted by atomic mass is 16.3. The van der Waals surface area contributed by atoms with Crippen molar-refractivity contribution in [2.24, 2.45) is 0 Å². The summed E-state index contributed by atoms with van der Waals surface area (Å²) in [4.78, 5) is 17.5. The molecule has 0 aliphatic heterocycles. The quantitative estimate of drug-likeness (QED) is 0.852. The zero-order valence-corrected chi connectivity index (χ0v) is 12.1. The number of nitrogens with one attached hydrogen (secondary N) is 1. The molecule has 0 saturated carbocycles. The summed E-state index contributed by atoms with van der Waals surface area (Å²) in [6.07, 6.45) is 4.62. The van der Waals surface area contributed by atoms with Gasteiger partial charge in [0.25, 0.3) is 0 Å². The number of pyridine rings is 1. The first-order valence-corrected chi connectivity index (χ1v) is 6.68. The third-order valence-corrected chi connectivity index (χ3v) is 2.88. The average Bonchev–Trinajstić information content (AvgIpc) is 2.98. The lowest BCUT2D eigenvalue weighted by molar-refractivity contribution is 0.143. The Hall–Kier alpha value is -2.41. The molecule has 0 fully saturated rings. The molecule has 0 aliphatic rings. The lowest BCUT2D eigenvalue weighted by Gasteiger charge is -2.19. The van der Waals surface area contributed by atoms with E-state index in [4.69, 9.17) is 0 Å². The largest absolute Gasteiger partial charge is 0.392 e. The van der Waals surface area contributed by atoms with Gasteiger partial charge >= 0.3 is 6.03 Å². The zero-order chi connectivity index (χ0) is 15.2. The molecule has 1 atom stereocenters. The minimum absolute atomic E-state index is 0.228. The normalized spacial score (nSPS) is 12.0. The van der Waals surface area contributed by atoms with Crippen LogP contribution in [0.4, 0.5) is 4.79 Å². The maximum absolute atomic E-state index is 11.8. The van der Waals surface area contributed by atoms with Gasteiger partial charge in [-0.3, -0.25) is 0 Å². The fourth-order valence-electron chi connectivity index (χ4n) is 1.89. The SMILES string of the molecule is CC(O)CN(C)C(=O)NCc1ccnc(-n2cccn2)c1. The van der Waals surface area contributed by atoms with Crippen molar-refractivity contribution in [1.29, 1.82) is 0 Å². The first-order valence-electron chi connectivity index (χ1n) is 6.68. The van der Waals surface area contributed by atoms with Crippen LogP contribution in [0.2, 0.25) is 0 Å². The van der Waals surface area contributed by atoms with E-state index >= 15 is 0 Å². The molecule has 1 unspecified atom stereocenters. The predicted octanol–water partition coefficient (Wildman–Crippen LogP) is 0.789. The topological polar surface area (TPSA) is 83.3 Å². The molecule has 2 N–H and O–H groups in total. The fraction of sp³-hybridized carbons (Fsp3) is 0.357. The first kappa shape index (κ1) is 15.0. The molecule has 0 bridgehead atoms. The summed E-state index contributed by atoms with van der Waals surface area (Å²) in [6, 6.07) is 5.29. The number of rotatable bonds is 5. The molecule has 0 radical (unpaired) electrons. The highest BCUT2D eigenvalue weighted by Crippen LogP contribution is 2.06. The lowest BCUT2D eigenvalue weighted by Crippen LogP contribution is -2.40. The van der Waals surface area contributed by atoms with E-state index in [1.165, 1.54) is 4.90 Å². The summed E-state index contributed by atoms with van der Waals surface area (Å²) in [5, 5.41) is 16.2. The zero-order valence-electron chi connectivity index (χ0n) is 12.1. The monoisotopic (exact) mass is 289 g/mol. The van der Waals surface area contributed by atoms with Crippen molar-refractivity contribution in [3.8, 4) is 5.82 Å². The van der Waals surface area contributed by atoms with E-state index in [9.17, 15) is 9.90 Å². The van der Waals surface area contributed by atoms with Crippen LogP contribution in [0.25, 0.3) is 5.82 Å². The molecule has 0 aromatic carbocycles. The van der Waals surface area contributed by atoms with E-state index < -0.39 is 6.10 Å². The second-order valence-electron chi connectivity index (χ2n) is 4.86. The van der Waals surface area contributed by atoms with Gasteiger partial charge in [-0.2, -0.15) is 5.10 Å². The molecule has 7 nitrogen and oxygen atoms in total. The predicted molar refractivity (Wildman–Crippen MR) is 77.9 cm³/mol. The Bertz CT molecular complexity index is 583. The number of aliphatic hydroxyl groups is 1. The molecule has 7 heteroatoms. The van der Waals surface area contributed by atoms with Gasteiger partial charge in [-0.05, 0) is 30.7 Å². The van der Waals surface area contributed by atoms with Gasteiger partial charge < -0.3 is 15.3 Å². The second-order valence-corrected chi connectivity index (χ2v) is 4.86. The van der Waals surface area contributed by atoms with Crippen molar-refractivity contribution >= 4 is 6.03 Å². The lowest BCUT2D eigenvalue weighted by atomic mass is 10.2. The van der Waals surface area contributed by atoms with Crippen LogP contribution in [0.5, 0.6) is 0 Å². The number of carbonyl (C=O) groups excluding carboxylic acids is 1. The second kappa shape index (κ2) is 6.85.